The van der Waals surface area contributed by atoms with Crippen molar-refractivity contribution < 1.29 is 9.50 Å². The van der Waals surface area contributed by atoms with Crippen molar-refractivity contribution >= 4 is 16.7 Å². The summed E-state index contributed by atoms with van der Waals surface area (Å²) in [5.74, 6) is 1.79. The lowest BCUT2D eigenvalue weighted by atomic mass is 9.99. The lowest BCUT2D eigenvalue weighted by Crippen LogP contribution is -2.33. The van der Waals surface area contributed by atoms with Crippen molar-refractivity contribution in [2.45, 2.75) is 38.5 Å². The minimum atomic E-state index is -0.504. The Morgan fingerprint density at radius 1 is 1.04 bits per heavy atom. The fraction of sp³-hybridized carbons (Fsp3) is 0.391. The number of anilines is 1. The number of halogens is 1. The first-order valence-corrected chi connectivity index (χ1v) is 10.1. The summed E-state index contributed by atoms with van der Waals surface area (Å²) in [4.78, 5) is 11.7. The number of nitrogens with zero attached hydrogens (tertiary/aromatic N) is 3. The number of phenolic OH excluding ortho intramolecular Hbond substituents is 1. The van der Waals surface area contributed by atoms with Gasteiger partial charge in [0.15, 0.2) is 5.82 Å². The predicted octanol–water partition coefficient (Wildman–Crippen LogP) is 5.26. The normalized spacial score (nSPS) is 18.0. The first-order chi connectivity index (χ1) is 13.6. The van der Waals surface area contributed by atoms with E-state index in [4.69, 9.17) is 4.98 Å². The predicted molar refractivity (Wildman–Crippen MR) is 109 cm³/mol. The minimum Gasteiger partial charge on any atom is -0.507 e. The van der Waals surface area contributed by atoms with Gasteiger partial charge >= 0.3 is 0 Å². The molecule has 3 aromatic rings. The molecule has 144 valence electrons. The third-order valence-electron chi connectivity index (χ3n) is 6.05. The van der Waals surface area contributed by atoms with Crippen molar-refractivity contribution in [3.63, 3.8) is 0 Å². The SMILES string of the molecule is CC1CCN(c2nc(-c3c(O)cccc3F)nc3cc(C4CC4)ccc23)CC1. The number of hydrogen-bond donors (Lipinski definition) is 1. The third kappa shape index (κ3) is 3.09. The zero-order valence-electron chi connectivity index (χ0n) is 16.0. The second-order valence-electron chi connectivity index (χ2n) is 8.23. The summed E-state index contributed by atoms with van der Waals surface area (Å²) in [6, 6.07) is 10.7. The molecule has 0 bridgehead atoms. The molecule has 2 fully saturated rings. The van der Waals surface area contributed by atoms with Crippen LogP contribution in [0.15, 0.2) is 36.4 Å². The first-order valence-electron chi connectivity index (χ1n) is 10.1. The van der Waals surface area contributed by atoms with Gasteiger partial charge in [0.2, 0.25) is 0 Å². The van der Waals surface area contributed by atoms with E-state index in [1.807, 2.05) is 0 Å². The van der Waals surface area contributed by atoms with E-state index in [1.165, 1.54) is 36.6 Å². The number of aromatic hydroxyl groups is 1. The van der Waals surface area contributed by atoms with Crippen molar-refractivity contribution in [3.8, 4) is 17.1 Å². The summed E-state index contributed by atoms with van der Waals surface area (Å²) in [6.07, 6.45) is 4.67. The van der Waals surface area contributed by atoms with Gasteiger partial charge in [-0.3, -0.25) is 0 Å². The van der Waals surface area contributed by atoms with Crippen LogP contribution in [0.3, 0.4) is 0 Å². The summed E-state index contributed by atoms with van der Waals surface area (Å²) in [7, 11) is 0. The highest BCUT2D eigenvalue weighted by Crippen LogP contribution is 2.42. The Balaban J connectivity index is 1.70. The molecule has 1 aliphatic heterocycles. The van der Waals surface area contributed by atoms with Crippen molar-refractivity contribution in [2.75, 3.05) is 18.0 Å². The Hall–Kier alpha value is -2.69. The number of benzene rings is 2. The zero-order valence-corrected chi connectivity index (χ0v) is 16.0. The van der Waals surface area contributed by atoms with Gasteiger partial charge in [-0.25, -0.2) is 14.4 Å². The number of fused-ring (bicyclic) bond motifs is 1. The van der Waals surface area contributed by atoms with E-state index in [2.05, 4.69) is 35.0 Å². The van der Waals surface area contributed by atoms with Gasteiger partial charge in [-0.2, -0.15) is 0 Å². The molecule has 1 aromatic heterocycles. The van der Waals surface area contributed by atoms with Crippen LogP contribution in [0.4, 0.5) is 10.2 Å². The molecule has 0 atom stereocenters. The molecule has 0 radical (unpaired) electrons. The molecule has 2 heterocycles. The van der Waals surface area contributed by atoms with Crippen molar-refractivity contribution in [1.82, 2.24) is 9.97 Å². The second-order valence-corrected chi connectivity index (χ2v) is 8.23. The van der Waals surface area contributed by atoms with E-state index in [-0.39, 0.29) is 17.1 Å². The van der Waals surface area contributed by atoms with Crippen molar-refractivity contribution in [3.05, 3.63) is 47.8 Å². The summed E-state index contributed by atoms with van der Waals surface area (Å²) in [5, 5.41) is 11.3. The van der Waals surface area contributed by atoms with Gasteiger partial charge in [0.1, 0.15) is 17.4 Å². The largest absolute Gasteiger partial charge is 0.507 e. The molecular formula is C23H24FN3O. The Morgan fingerprint density at radius 3 is 2.54 bits per heavy atom. The van der Waals surface area contributed by atoms with Crippen LogP contribution >= 0.6 is 0 Å². The Bertz CT molecular complexity index is 1020. The molecular weight excluding hydrogens is 353 g/mol. The van der Waals surface area contributed by atoms with Gasteiger partial charge < -0.3 is 10.0 Å². The highest BCUT2D eigenvalue weighted by atomic mass is 19.1. The number of rotatable bonds is 3. The van der Waals surface area contributed by atoms with Crippen LogP contribution in [0.5, 0.6) is 5.75 Å². The molecule has 28 heavy (non-hydrogen) atoms. The topological polar surface area (TPSA) is 49.2 Å². The molecule has 1 aliphatic carbocycles. The van der Waals surface area contributed by atoms with Gasteiger partial charge in [-0.15, -0.1) is 0 Å². The summed E-state index contributed by atoms with van der Waals surface area (Å²) >= 11 is 0. The fourth-order valence-electron chi connectivity index (χ4n) is 4.11. The van der Waals surface area contributed by atoms with Crippen LogP contribution < -0.4 is 4.90 Å². The molecule has 4 nitrogen and oxygen atoms in total. The molecule has 5 rings (SSSR count). The van der Waals surface area contributed by atoms with Crippen LogP contribution in [0.25, 0.3) is 22.3 Å². The lowest BCUT2D eigenvalue weighted by molar-refractivity contribution is 0.437. The quantitative estimate of drug-likeness (QED) is 0.677. The molecule has 0 spiro atoms. The maximum atomic E-state index is 14.5. The van der Waals surface area contributed by atoms with Crippen molar-refractivity contribution in [1.29, 1.82) is 0 Å². The first kappa shape index (κ1) is 17.4. The second kappa shape index (κ2) is 6.73. The monoisotopic (exact) mass is 377 g/mol. The average Bonchev–Trinajstić information content (AvgIpc) is 3.53. The average molecular weight is 377 g/mol. The zero-order chi connectivity index (χ0) is 19.3. The van der Waals surface area contributed by atoms with Crippen molar-refractivity contribution in [2.24, 2.45) is 5.92 Å². The van der Waals surface area contributed by atoms with E-state index in [0.29, 0.717) is 11.8 Å². The van der Waals surface area contributed by atoms with Crippen LogP contribution in [0.1, 0.15) is 44.1 Å². The van der Waals surface area contributed by atoms with Gasteiger partial charge in [0.05, 0.1) is 11.1 Å². The number of hydrogen-bond acceptors (Lipinski definition) is 4. The highest BCUT2D eigenvalue weighted by Gasteiger charge is 2.26. The van der Waals surface area contributed by atoms with E-state index < -0.39 is 5.82 Å². The van der Waals surface area contributed by atoms with Gasteiger partial charge in [-0.1, -0.05) is 19.1 Å². The number of aromatic nitrogens is 2. The molecule has 1 saturated heterocycles. The Labute approximate surface area is 164 Å². The molecule has 0 unspecified atom stereocenters. The number of piperidine rings is 1. The van der Waals surface area contributed by atoms with E-state index >= 15 is 0 Å². The van der Waals surface area contributed by atoms with Crippen LogP contribution in [-0.2, 0) is 0 Å². The number of phenols is 1. The van der Waals surface area contributed by atoms with Gasteiger partial charge in [0.25, 0.3) is 0 Å². The fourth-order valence-corrected chi connectivity index (χ4v) is 4.11. The van der Waals surface area contributed by atoms with E-state index in [9.17, 15) is 9.50 Å². The van der Waals surface area contributed by atoms with Crippen LogP contribution in [-0.4, -0.2) is 28.2 Å². The van der Waals surface area contributed by atoms with Crippen LogP contribution in [0, 0.1) is 11.7 Å². The maximum absolute atomic E-state index is 14.5. The van der Waals surface area contributed by atoms with Gasteiger partial charge in [-0.05, 0) is 67.3 Å². The molecule has 1 saturated carbocycles. The van der Waals surface area contributed by atoms with Gasteiger partial charge in [0, 0.05) is 18.5 Å². The van der Waals surface area contributed by atoms with E-state index in [0.717, 1.165) is 42.7 Å². The Morgan fingerprint density at radius 2 is 1.82 bits per heavy atom. The lowest BCUT2D eigenvalue weighted by Gasteiger charge is -2.32. The summed E-state index contributed by atoms with van der Waals surface area (Å²) in [5.41, 5.74) is 2.19. The smallest absolute Gasteiger partial charge is 0.168 e. The minimum absolute atomic E-state index is 0.0767. The highest BCUT2D eigenvalue weighted by molar-refractivity contribution is 5.92. The maximum Gasteiger partial charge on any atom is 0.168 e. The molecule has 2 aliphatic rings. The third-order valence-corrected chi connectivity index (χ3v) is 6.05. The molecule has 2 aromatic carbocycles. The molecule has 0 amide bonds. The summed E-state index contributed by atoms with van der Waals surface area (Å²) < 4.78 is 14.5. The standard InChI is InChI=1S/C23H24FN3O/c1-14-9-11-27(12-10-14)23-17-8-7-16(15-5-6-15)13-19(17)25-22(26-23)21-18(24)3-2-4-20(21)28/h2-4,7-8,13-15,28H,5-6,9-12H2,1H3. The Kier molecular flexibility index (Phi) is 4.18. The summed E-state index contributed by atoms with van der Waals surface area (Å²) in [6.45, 7) is 4.14. The van der Waals surface area contributed by atoms with Crippen LogP contribution in [0.2, 0.25) is 0 Å². The molecule has 1 N–H and O–H groups in total. The molecule has 5 heteroatoms. The van der Waals surface area contributed by atoms with E-state index in [1.54, 1.807) is 0 Å².